The Morgan fingerprint density at radius 1 is 0.392 bits per heavy atom. The number of hydrogen-bond acceptors (Lipinski definition) is 9. The van der Waals surface area contributed by atoms with Crippen LogP contribution in [0, 0.1) is 0 Å². The van der Waals surface area contributed by atoms with E-state index in [0.717, 1.165) is 46.0 Å². The molecule has 0 spiro atoms. The highest BCUT2D eigenvalue weighted by Crippen LogP contribution is 2.30. The van der Waals surface area contributed by atoms with Crippen molar-refractivity contribution in [1.29, 1.82) is 0 Å². The van der Waals surface area contributed by atoms with Crippen LogP contribution in [0.3, 0.4) is 0 Å². The van der Waals surface area contributed by atoms with Gasteiger partial charge in [0, 0.05) is 70.8 Å². The van der Waals surface area contributed by atoms with Gasteiger partial charge in [-0.25, -0.2) is 18.3 Å². The van der Waals surface area contributed by atoms with E-state index in [1.165, 1.54) is 11.1 Å². The predicted molar refractivity (Wildman–Crippen MR) is 271 cm³/mol. The molecule has 17 aliphatic heterocycles. The zero-order valence-corrected chi connectivity index (χ0v) is 41.0. The van der Waals surface area contributed by atoms with Crippen molar-refractivity contribution in [3.63, 3.8) is 0 Å². The molecule has 0 fully saturated rings. The lowest BCUT2D eigenvalue weighted by atomic mass is 9.97. The Bertz CT molecular complexity index is 3020. The zero-order valence-electron chi connectivity index (χ0n) is 41.0. The molecule has 8 aromatic rings. The first-order valence-corrected chi connectivity index (χ1v) is 24.8. The molecule has 14 heteroatoms. The first-order valence-electron chi connectivity index (χ1n) is 24.8. The predicted octanol–water partition coefficient (Wildman–Crippen LogP) is 6.39. The molecule has 0 N–H and O–H groups in total. The Kier molecular flexibility index (Phi) is 15.7. The first-order chi connectivity index (χ1) is 36.4. The molecule has 74 heavy (non-hydrogen) atoms. The van der Waals surface area contributed by atoms with Crippen LogP contribution in [0.1, 0.15) is 43.0 Å². The van der Waals surface area contributed by atoms with Crippen LogP contribution in [0.25, 0.3) is 22.3 Å². The summed E-state index contributed by atoms with van der Waals surface area (Å²) in [4.78, 5) is 42.8. The van der Waals surface area contributed by atoms with Crippen molar-refractivity contribution < 1.29 is 61.1 Å². The van der Waals surface area contributed by atoms with E-state index < -0.39 is 24.3 Å². The summed E-state index contributed by atoms with van der Waals surface area (Å²) in [7, 11) is 0. The average molecular weight is 992 g/mol. The molecular weight excluding hydrogens is 935 g/mol. The third kappa shape index (κ3) is 12.5. The van der Waals surface area contributed by atoms with Crippen molar-refractivity contribution in [2.75, 3.05) is 59.4 Å². The number of para-hydroxylation sites is 1. The molecule has 25 rings (SSSR count). The minimum absolute atomic E-state index is 0.0619. The van der Waals surface area contributed by atoms with Gasteiger partial charge < -0.3 is 28.4 Å². The van der Waals surface area contributed by atoms with Gasteiger partial charge >= 0.3 is 5.97 Å². The Morgan fingerprint density at radius 3 is 1.14 bits per heavy atom. The summed E-state index contributed by atoms with van der Waals surface area (Å²) in [5.74, 6) is 0.369. The molecule has 14 nitrogen and oxygen atoms in total. The lowest BCUT2D eigenvalue weighted by molar-refractivity contribution is -0.689. The fourth-order valence-corrected chi connectivity index (χ4v) is 8.93. The van der Waals surface area contributed by atoms with Gasteiger partial charge in [0.1, 0.15) is 50.2 Å². The van der Waals surface area contributed by atoms with Gasteiger partial charge in [0.2, 0.25) is 0 Å². The van der Waals surface area contributed by atoms with Crippen LogP contribution in [-0.2, 0) is 45.2 Å². The van der Waals surface area contributed by atoms with Crippen LogP contribution >= 0.6 is 0 Å². The minimum atomic E-state index is -0.716. The van der Waals surface area contributed by atoms with E-state index >= 15 is 0 Å². The average Bonchev–Trinajstić information content (AvgIpc) is 3.69. The van der Waals surface area contributed by atoms with Gasteiger partial charge in [-0.1, -0.05) is 54.6 Å². The normalized spacial score (nSPS) is 12.8. The molecule has 12 bridgehead atoms. The van der Waals surface area contributed by atoms with Gasteiger partial charge in [-0.2, -0.15) is 0 Å². The van der Waals surface area contributed by atoms with E-state index in [1.807, 2.05) is 125 Å². The minimum Gasteiger partial charge on any atom is -0.491 e. The Labute approximate surface area is 429 Å². The summed E-state index contributed by atoms with van der Waals surface area (Å²) in [5, 5.41) is 0. The SMILES string of the molecule is O=C(CN1C(=O)c2c3ccc(c2C1=O)C[n+]1ccc(cc1)-c1cc[n+](cc1)Cc1ccc(cc1)C[n+]1ccc(cc1)-c1cc[n+](cc1)C3)OCCOCCOc1ccc(OCCOCCOc2ccccc2)cc1. The second-order valence-corrected chi connectivity index (χ2v) is 18.0. The summed E-state index contributed by atoms with van der Waals surface area (Å²) in [6.07, 6.45) is 16.2. The summed E-state index contributed by atoms with van der Waals surface area (Å²) in [6, 6.07) is 46.0. The maximum absolute atomic E-state index is 14.3. The van der Waals surface area contributed by atoms with Gasteiger partial charge in [0.15, 0.2) is 75.8 Å². The fraction of sp³-hybridized carbons (Fsp3) is 0.217. The van der Waals surface area contributed by atoms with Crippen LogP contribution in [0.4, 0.5) is 0 Å². The highest BCUT2D eigenvalue weighted by atomic mass is 16.6. The van der Waals surface area contributed by atoms with E-state index in [0.29, 0.717) is 73.3 Å². The molecule has 0 saturated carbocycles. The van der Waals surface area contributed by atoms with Gasteiger partial charge in [-0.05, 0) is 58.7 Å². The second kappa shape index (κ2) is 23.8. The van der Waals surface area contributed by atoms with Crippen molar-refractivity contribution in [2.24, 2.45) is 0 Å². The van der Waals surface area contributed by atoms with E-state index in [-0.39, 0.29) is 26.4 Å². The van der Waals surface area contributed by atoms with Gasteiger partial charge in [-0.3, -0.25) is 19.3 Å². The Balaban J connectivity index is 0.741. The van der Waals surface area contributed by atoms with Crippen molar-refractivity contribution in [1.82, 2.24) is 4.90 Å². The Hall–Kier alpha value is -8.59. The van der Waals surface area contributed by atoms with Crippen LogP contribution in [0.5, 0.6) is 17.2 Å². The molecule has 4 aromatic heterocycles. The van der Waals surface area contributed by atoms with Crippen molar-refractivity contribution in [3.8, 4) is 39.5 Å². The number of hydrogen-bond donors (Lipinski definition) is 0. The number of carbonyl (C=O) groups excluding carboxylic acids is 3. The molecule has 0 saturated heterocycles. The third-order valence-electron chi connectivity index (χ3n) is 12.8. The standard InChI is InChI=1S/C60H57N5O9/c66-56(74-39-35-70-34-38-73-55-14-12-54(13-15-55)72-37-33-69-32-36-71-53-4-2-1-3-5-53)44-65-59(67)57-51-10-11-52(58(57)60(65)68)43-64-30-22-50(23-31-64)48-18-26-62(27-19-48)41-46-7-6-45(8-9-46)40-61-24-16-47(17-25-61)49-20-28-63(42-51)29-21-49/h1-31H,32-44H2/q+4. The van der Waals surface area contributed by atoms with Crippen LogP contribution < -0.4 is 32.5 Å². The topological polar surface area (TPSA) is 125 Å². The maximum Gasteiger partial charge on any atom is 0.326 e. The number of imide groups is 1. The molecule has 0 atom stereocenters. The summed E-state index contributed by atoms with van der Waals surface area (Å²) in [5.41, 5.74) is 8.59. The van der Waals surface area contributed by atoms with E-state index in [4.69, 9.17) is 28.4 Å². The monoisotopic (exact) mass is 991 g/mol. The third-order valence-corrected chi connectivity index (χ3v) is 12.8. The molecule has 21 heterocycles. The van der Waals surface area contributed by atoms with Gasteiger partial charge in [0.05, 0.1) is 37.6 Å². The first kappa shape index (κ1) is 49.0. The van der Waals surface area contributed by atoms with Crippen molar-refractivity contribution >= 4 is 17.8 Å². The number of pyridine rings is 4. The highest BCUT2D eigenvalue weighted by Gasteiger charge is 2.42. The van der Waals surface area contributed by atoms with Crippen LogP contribution in [-0.4, -0.2) is 82.1 Å². The highest BCUT2D eigenvalue weighted by molar-refractivity contribution is 6.23. The number of rotatable bonds is 17. The number of esters is 1. The molecule has 0 aliphatic carbocycles. The van der Waals surface area contributed by atoms with Crippen LogP contribution in [0.15, 0.2) is 189 Å². The molecule has 2 amide bonds. The summed E-state index contributed by atoms with van der Waals surface area (Å²) >= 11 is 0. The number of ether oxygens (including phenoxy) is 6. The lowest BCUT2D eigenvalue weighted by Crippen LogP contribution is -2.37. The molecule has 4 aromatic carbocycles. The largest absolute Gasteiger partial charge is 0.491 e. The zero-order chi connectivity index (χ0) is 50.5. The van der Waals surface area contributed by atoms with Crippen molar-refractivity contribution in [2.45, 2.75) is 26.2 Å². The smallest absolute Gasteiger partial charge is 0.326 e. The second-order valence-electron chi connectivity index (χ2n) is 18.0. The summed E-state index contributed by atoms with van der Waals surface area (Å²) < 4.78 is 42.2. The lowest BCUT2D eigenvalue weighted by Gasteiger charge is -2.13. The van der Waals surface area contributed by atoms with E-state index in [2.05, 4.69) is 82.5 Å². The molecule has 372 valence electrons. The van der Waals surface area contributed by atoms with Crippen molar-refractivity contribution in [3.05, 3.63) is 222 Å². The molecule has 0 radical (unpaired) electrons. The number of nitrogens with zero attached hydrogens (tertiary/aromatic N) is 5. The fourth-order valence-electron chi connectivity index (χ4n) is 8.93. The number of amides is 2. The summed E-state index contributed by atoms with van der Waals surface area (Å²) in [6.45, 7) is 3.96. The van der Waals surface area contributed by atoms with E-state index in [9.17, 15) is 14.4 Å². The number of aromatic nitrogens is 4. The Morgan fingerprint density at radius 2 is 0.743 bits per heavy atom. The van der Waals surface area contributed by atoms with Gasteiger partial charge in [-0.15, -0.1) is 0 Å². The molecule has 0 unspecified atom stereocenters. The number of carbonyl (C=O) groups is 3. The van der Waals surface area contributed by atoms with Crippen LogP contribution in [0.2, 0.25) is 0 Å². The number of benzene rings is 4. The van der Waals surface area contributed by atoms with Gasteiger partial charge in [0.25, 0.3) is 11.8 Å². The quantitative estimate of drug-likeness (QED) is 0.0442. The maximum atomic E-state index is 14.3. The molecular formula is C60H57N5O9+4. The van der Waals surface area contributed by atoms with E-state index in [1.54, 1.807) is 0 Å². The molecule has 17 aliphatic rings.